The van der Waals surface area contributed by atoms with E-state index in [1.165, 1.54) is 7.05 Å². The Labute approximate surface area is 123 Å². The van der Waals surface area contributed by atoms with Crippen LogP contribution in [0.15, 0.2) is 24.3 Å². The molecule has 1 aliphatic rings. The lowest BCUT2D eigenvalue weighted by Crippen LogP contribution is -2.25. The van der Waals surface area contributed by atoms with Crippen molar-refractivity contribution in [2.75, 3.05) is 12.4 Å². The lowest BCUT2D eigenvalue weighted by Gasteiger charge is -2.11. The summed E-state index contributed by atoms with van der Waals surface area (Å²) in [5, 5.41) is 5.41. The zero-order valence-electron chi connectivity index (χ0n) is 12.2. The highest BCUT2D eigenvalue weighted by molar-refractivity contribution is 6.04. The minimum atomic E-state index is -0.685. The fourth-order valence-corrected chi connectivity index (χ4v) is 2.16. The van der Waals surface area contributed by atoms with Gasteiger partial charge in [-0.15, -0.1) is 0 Å². The summed E-state index contributed by atoms with van der Waals surface area (Å²) in [5.41, 5.74) is 1.29. The van der Waals surface area contributed by atoms with Crippen LogP contribution in [0.1, 0.15) is 37.8 Å². The maximum atomic E-state index is 11.9. The number of nitrogens with one attached hydrogen (secondary N) is 2. The zero-order valence-corrected chi connectivity index (χ0v) is 12.2. The van der Waals surface area contributed by atoms with Crippen LogP contribution in [0.4, 0.5) is 10.5 Å². The average Bonchev–Trinajstić information content (AvgIpc) is 2.73. The second-order valence-corrected chi connectivity index (χ2v) is 5.06. The Bertz CT molecular complexity index is 571. The molecular formula is C15H19N3O3. The third-order valence-corrected chi connectivity index (χ3v) is 3.41. The van der Waals surface area contributed by atoms with Gasteiger partial charge in [-0.2, -0.15) is 0 Å². The van der Waals surface area contributed by atoms with Crippen molar-refractivity contribution in [3.8, 4) is 0 Å². The molecule has 21 heavy (non-hydrogen) atoms. The van der Waals surface area contributed by atoms with Gasteiger partial charge in [0.2, 0.25) is 5.91 Å². The number of imide groups is 1. The summed E-state index contributed by atoms with van der Waals surface area (Å²) in [7, 11) is 1.44. The lowest BCUT2D eigenvalue weighted by molar-refractivity contribution is -0.126. The Hall–Kier alpha value is -2.37. The third-order valence-electron chi connectivity index (χ3n) is 3.41. The fourth-order valence-electron chi connectivity index (χ4n) is 2.16. The van der Waals surface area contributed by atoms with Crippen LogP contribution < -0.4 is 10.6 Å². The molecule has 6 nitrogen and oxygen atoms in total. The van der Waals surface area contributed by atoms with Gasteiger partial charge in [0.05, 0.1) is 0 Å². The number of hydrogen-bond donors (Lipinski definition) is 2. The first kappa shape index (κ1) is 15.0. The monoisotopic (exact) mass is 289 g/mol. The number of nitrogens with zero attached hydrogens (tertiary/aromatic N) is 1. The molecule has 6 heteroatoms. The van der Waals surface area contributed by atoms with Gasteiger partial charge in [-0.05, 0) is 24.1 Å². The van der Waals surface area contributed by atoms with Crippen molar-refractivity contribution in [1.82, 2.24) is 10.2 Å². The lowest BCUT2D eigenvalue weighted by atomic mass is 10.1. The van der Waals surface area contributed by atoms with E-state index in [0.29, 0.717) is 17.7 Å². The highest BCUT2D eigenvalue weighted by atomic mass is 16.2. The molecular weight excluding hydrogens is 270 g/mol. The molecule has 1 aliphatic heterocycles. The van der Waals surface area contributed by atoms with E-state index in [2.05, 4.69) is 10.6 Å². The second-order valence-electron chi connectivity index (χ2n) is 5.06. The highest BCUT2D eigenvalue weighted by Gasteiger charge is 2.36. The SMILES string of the molecule is CCCCC(=O)Nc1cccc(C2NC(=O)N(C)C2=O)c1. The van der Waals surface area contributed by atoms with Gasteiger partial charge in [0.1, 0.15) is 6.04 Å². The van der Waals surface area contributed by atoms with Gasteiger partial charge in [0, 0.05) is 19.2 Å². The minimum absolute atomic E-state index is 0.0482. The summed E-state index contributed by atoms with van der Waals surface area (Å²) < 4.78 is 0. The first-order valence-electron chi connectivity index (χ1n) is 7.00. The molecule has 0 bridgehead atoms. The summed E-state index contributed by atoms with van der Waals surface area (Å²) in [5.74, 6) is -0.345. The van der Waals surface area contributed by atoms with Crippen molar-refractivity contribution < 1.29 is 14.4 Å². The summed E-state index contributed by atoms with van der Waals surface area (Å²) >= 11 is 0. The molecule has 0 radical (unpaired) electrons. The van der Waals surface area contributed by atoms with Crippen molar-refractivity contribution in [3.63, 3.8) is 0 Å². The van der Waals surface area contributed by atoms with Gasteiger partial charge < -0.3 is 10.6 Å². The Morgan fingerprint density at radius 3 is 2.76 bits per heavy atom. The number of likely N-dealkylation sites (N-methyl/N-ethyl adjacent to an activating group) is 1. The first-order valence-corrected chi connectivity index (χ1v) is 7.00. The zero-order chi connectivity index (χ0) is 15.4. The molecule has 1 fully saturated rings. The van der Waals surface area contributed by atoms with Crippen LogP contribution in [0.3, 0.4) is 0 Å². The van der Waals surface area contributed by atoms with Crippen LogP contribution in [0.25, 0.3) is 0 Å². The Balaban J connectivity index is 2.10. The Kier molecular flexibility index (Phi) is 4.57. The number of amides is 4. The van der Waals surface area contributed by atoms with Crippen molar-refractivity contribution >= 4 is 23.5 Å². The van der Waals surface area contributed by atoms with E-state index in [-0.39, 0.29) is 11.8 Å². The summed E-state index contributed by atoms with van der Waals surface area (Å²) in [6.45, 7) is 2.03. The van der Waals surface area contributed by atoms with Crippen molar-refractivity contribution in [3.05, 3.63) is 29.8 Å². The summed E-state index contributed by atoms with van der Waals surface area (Å²) in [6.07, 6.45) is 2.28. The fraction of sp³-hybridized carbons (Fsp3) is 0.400. The molecule has 1 aromatic carbocycles. The molecule has 1 saturated heterocycles. The Morgan fingerprint density at radius 2 is 2.14 bits per heavy atom. The van der Waals surface area contributed by atoms with Gasteiger partial charge in [0.25, 0.3) is 5.91 Å². The van der Waals surface area contributed by atoms with Crippen LogP contribution in [0.2, 0.25) is 0 Å². The number of unbranched alkanes of at least 4 members (excludes halogenated alkanes) is 1. The van der Waals surface area contributed by atoms with E-state index in [1.54, 1.807) is 24.3 Å². The van der Waals surface area contributed by atoms with E-state index >= 15 is 0 Å². The molecule has 112 valence electrons. The van der Waals surface area contributed by atoms with E-state index in [9.17, 15) is 14.4 Å². The van der Waals surface area contributed by atoms with Crippen LogP contribution in [0, 0.1) is 0 Å². The summed E-state index contributed by atoms with van der Waals surface area (Å²) in [6, 6.07) is 5.88. The topological polar surface area (TPSA) is 78.5 Å². The van der Waals surface area contributed by atoms with Crippen LogP contribution in [-0.2, 0) is 9.59 Å². The van der Waals surface area contributed by atoms with Gasteiger partial charge in [-0.1, -0.05) is 25.5 Å². The van der Waals surface area contributed by atoms with E-state index in [1.807, 2.05) is 6.92 Å². The average molecular weight is 289 g/mol. The van der Waals surface area contributed by atoms with Gasteiger partial charge in [0.15, 0.2) is 0 Å². The molecule has 1 unspecified atom stereocenters. The first-order chi connectivity index (χ1) is 10.0. The molecule has 0 spiro atoms. The smallest absolute Gasteiger partial charge is 0.324 e. The number of hydrogen-bond acceptors (Lipinski definition) is 3. The number of rotatable bonds is 5. The standard InChI is InChI=1S/C15H19N3O3/c1-3-4-8-12(19)16-11-7-5-6-10(9-11)13-14(20)18(2)15(21)17-13/h5-7,9,13H,3-4,8H2,1-2H3,(H,16,19)(H,17,21). The molecule has 2 N–H and O–H groups in total. The molecule has 1 aromatic rings. The number of urea groups is 1. The van der Waals surface area contributed by atoms with E-state index < -0.39 is 12.1 Å². The molecule has 0 aliphatic carbocycles. The van der Waals surface area contributed by atoms with Crippen LogP contribution in [0.5, 0.6) is 0 Å². The maximum absolute atomic E-state index is 11.9. The van der Waals surface area contributed by atoms with Gasteiger partial charge in [-0.3, -0.25) is 14.5 Å². The Morgan fingerprint density at radius 1 is 1.38 bits per heavy atom. The largest absolute Gasteiger partial charge is 0.326 e. The van der Waals surface area contributed by atoms with Crippen molar-refractivity contribution in [2.24, 2.45) is 0 Å². The van der Waals surface area contributed by atoms with Gasteiger partial charge >= 0.3 is 6.03 Å². The number of carbonyl (C=O) groups is 3. The van der Waals surface area contributed by atoms with Gasteiger partial charge in [-0.25, -0.2) is 4.79 Å². The maximum Gasteiger partial charge on any atom is 0.324 e. The normalized spacial score (nSPS) is 17.8. The predicted molar refractivity (Wildman–Crippen MR) is 78.6 cm³/mol. The number of anilines is 1. The molecule has 1 heterocycles. The number of carbonyl (C=O) groups excluding carboxylic acids is 3. The quantitative estimate of drug-likeness (QED) is 0.814. The van der Waals surface area contributed by atoms with E-state index in [0.717, 1.165) is 17.7 Å². The molecule has 0 saturated carbocycles. The number of benzene rings is 1. The predicted octanol–water partition coefficient (Wildman–Crippen LogP) is 2.04. The summed E-state index contributed by atoms with van der Waals surface area (Å²) in [4.78, 5) is 36.2. The molecule has 4 amide bonds. The molecule has 2 rings (SSSR count). The molecule has 0 aromatic heterocycles. The third kappa shape index (κ3) is 3.39. The minimum Gasteiger partial charge on any atom is -0.326 e. The highest BCUT2D eigenvalue weighted by Crippen LogP contribution is 2.23. The van der Waals surface area contributed by atoms with E-state index in [4.69, 9.17) is 0 Å². The van der Waals surface area contributed by atoms with Crippen molar-refractivity contribution in [2.45, 2.75) is 32.2 Å². The second kappa shape index (κ2) is 6.39. The van der Waals surface area contributed by atoms with Crippen molar-refractivity contribution in [1.29, 1.82) is 0 Å². The van der Waals surface area contributed by atoms with Crippen LogP contribution >= 0.6 is 0 Å². The van der Waals surface area contributed by atoms with Crippen LogP contribution in [-0.4, -0.2) is 29.8 Å². The molecule has 1 atom stereocenters.